The average Bonchev–Trinajstić information content (AvgIpc) is 3.18. The van der Waals surface area contributed by atoms with Crippen molar-refractivity contribution in [2.75, 3.05) is 13.1 Å². The van der Waals surface area contributed by atoms with Gasteiger partial charge in [0.05, 0.1) is 6.54 Å². The van der Waals surface area contributed by atoms with E-state index in [-0.39, 0.29) is 5.91 Å². The summed E-state index contributed by atoms with van der Waals surface area (Å²) in [7, 11) is 0. The van der Waals surface area contributed by atoms with Crippen LogP contribution in [0.15, 0.2) is 4.52 Å². The number of likely N-dealkylation sites (tertiary alicyclic amines) is 2. The van der Waals surface area contributed by atoms with Gasteiger partial charge in [0.25, 0.3) is 0 Å². The van der Waals surface area contributed by atoms with Crippen LogP contribution in [0.4, 0.5) is 0 Å². The van der Waals surface area contributed by atoms with E-state index in [9.17, 15) is 4.79 Å². The second-order valence-electron chi connectivity index (χ2n) is 7.30. The third-order valence-electron chi connectivity index (χ3n) is 5.00. The van der Waals surface area contributed by atoms with E-state index in [0.29, 0.717) is 30.4 Å². The number of rotatable bonds is 5. The topological polar surface area (TPSA) is 62.5 Å². The van der Waals surface area contributed by atoms with Gasteiger partial charge in [-0.1, -0.05) is 19.0 Å². The molecule has 6 heteroatoms. The molecule has 2 atom stereocenters. The molecule has 23 heavy (non-hydrogen) atoms. The third kappa shape index (κ3) is 3.74. The highest BCUT2D eigenvalue weighted by Gasteiger charge is 2.39. The Labute approximate surface area is 138 Å². The predicted octanol–water partition coefficient (Wildman–Crippen LogP) is 2.24. The smallest absolute Gasteiger partial charge is 0.240 e. The average molecular weight is 320 g/mol. The van der Waals surface area contributed by atoms with Crippen LogP contribution in [0.1, 0.15) is 58.2 Å². The fraction of sp³-hybridized carbons (Fsp3) is 0.824. The molecule has 6 nitrogen and oxygen atoms in total. The third-order valence-corrected chi connectivity index (χ3v) is 5.00. The molecule has 2 aliphatic rings. The summed E-state index contributed by atoms with van der Waals surface area (Å²) in [5, 5.41) is 4.09. The zero-order valence-corrected chi connectivity index (χ0v) is 14.5. The zero-order chi connectivity index (χ0) is 16.4. The fourth-order valence-corrected chi connectivity index (χ4v) is 4.04. The minimum Gasteiger partial charge on any atom is -0.338 e. The van der Waals surface area contributed by atoms with Crippen LogP contribution in [0.3, 0.4) is 0 Å². The van der Waals surface area contributed by atoms with Crippen molar-refractivity contribution in [3.63, 3.8) is 0 Å². The van der Waals surface area contributed by atoms with Gasteiger partial charge in [0, 0.05) is 32.0 Å². The van der Waals surface area contributed by atoms with Crippen LogP contribution in [0.2, 0.25) is 0 Å². The van der Waals surface area contributed by atoms with Crippen molar-refractivity contribution >= 4 is 5.91 Å². The molecule has 0 spiro atoms. The molecule has 0 saturated carbocycles. The van der Waals surface area contributed by atoms with E-state index in [1.165, 1.54) is 6.42 Å². The second kappa shape index (κ2) is 6.99. The van der Waals surface area contributed by atoms with Crippen LogP contribution in [0.5, 0.6) is 0 Å². The Morgan fingerprint density at radius 3 is 2.74 bits per heavy atom. The van der Waals surface area contributed by atoms with E-state index in [0.717, 1.165) is 44.6 Å². The fourth-order valence-electron chi connectivity index (χ4n) is 4.04. The van der Waals surface area contributed by atoms with Gasteiger partial charge in [0.1, 0.15) is 0 Å². The predicted molar refractivity (Wildman–Crippen MR) is 86.7 cm³/mol. The molecule has 1 aromatic heterocycles. The molecular formula is C17H28N4O2. The van der Waals surface area contributed by atoms with Gasteiger partial charge >= 0.3 is 0 Å². The molecule has 2 aliphatic heterocycles. The highest BCUT2D eigenvalue weighted by molar-refractivity contribution is 5.74. The Kier molecular flexibility index (Phi) is 4.99. The van der Waals surface area contributed by atoms with Gasteiger partial charge < -0.3 is 9.42 Å². The largest absolute Gasteiger partial charge is 0.338 e. The van der Waals surface area contributed by atoms with Crippen LogP contribution >= 0.6 is 0 Å². The molecule has 0 aromatic carbocycles. The lowest BCUT2D eigenvalue weighted by molar-refractivity contribution is -0.130. The van der Waals surface area contributed by atoms with E-state index < -0.39 is 0 Å². The summed E-state index contributed by atoms with van der Waals surface area (Å²) in [6.07, 6.45) is 5.42. The van der Waals surface area contributed by atoms with E-state index in [2.05, 4.69) is 33.8 Å². The first kappa shape index (κ1) is 16.4. The molecule has 0 unspecified atom stereocenters. The summed E-state index contributed by atoms with van der Waals surface area (Å²) in [5.41, 5.74) is 0. The first-order chi connectivity index (χ1) is 11.0. The Balaban J connectivity index is 1.65. The van der Waals surface area contributed by atoms with Crippen molar-refractivity contribution in [3.8, 4) is 0 Å². The molecule has 0 bridgehead atoms. The van der Waals surface area contributed by atoms with Crippen molar-refractivity contribution < 1.29 is 9.32 Å². The summed E-state index contributed by atoms with van der Waals surface area (Å²) in [5.74, 6) is 2.25. The van der Waals surface area contributed by atoms with Crippen molar-refractivity contribution in [1.29, 1.82) is 0 Å². The summed E-state index contributed by atoms with van der Waals surface area (Å²) in [6, 6.07) is 0.787. The highest BCUT2D eigenvalue weighted by Crippen LogP contribution is 2.30. The molecule has 3 heterocycles. The number of hydrogen-bond donors (Lipinski definition) is 0. The first-order valence-corrected chi connectivity index (χ1v) is 8.87. The Hall–Kier alpha value is -1.43. The standard InChI is InChI=1S/C17H28N4O2/c1-12(2)10-16-18-17(23-19-16)11-20-8-4-6-14(20)15-7-5-9-21(15)13(3)22/h12,14-15H,4-11H2,1-3H3/t14-,15-/m1/s1. The SMILES string of the molecule is CC(=O)N1CCC[C@@H]1[C@H]1CCCN1Cc1nc(CC(C)C)no1. The Morgan fingerprint density at radius 1 is 1.26 bits per heavy atom. The van der Waals surface area contributed by atoms with Crippen molar-refractivity contribution in [3.05, 3.63) is 11.7 Å². The maximum Gasteiger partial charge on any atom is 0.240 e. The zero-order valence-electron chi connectivity index (χ0n) is 14.5. The van der Waals surface area contributed by atoms with Gasteiger partial charge in [-0.3, -0.25) is 9.69 Å². The number of aromatic nitrogens is 2. The summed E-state index contributed by atoms with van der Waals surface area (Å²) in [6.45, 7) is 8.66. The van der Waals surface area contributed by atoms with Crippen molar-refractivity contribution in [1.82, 2.24) is 19.9 Å². The van der Waals surface area contributed by atoms with Crippen LogP contribution in [-0.2, 0) is 17.8 Å². The van der Waals surface area contributed by atoms with E-state index >= 15 is 0 Å². The summed E-state index contributed by atoms with van der Waals surface area (Å²) >= 11 is 0. The lowest BCUT2D eigenvalue weighted by atomic mass is 10.0. The number of carbonyl (C=O) groups excluding carboxylic acids is 1. The van der Waals surface area contributed by atoms with Crippen LogP contribution in [-0.4, -0.2) is 51.0 Å². The van der Waals surface area contributed by atoms with Gasteiger partial charge in [-0.25, -0.2) is 0 Å². The number of carbonyl (C=O) groups is 1. The molecule has 1 aromatic rings. The second-order valence-corrected chi connectivity index (χ2v) is 7.30. The Morgan fingerprint density at radius 2 is 2.00 bits per heavy atom. The monoisotopic (exact) mass is 320 g/mol. The molecule has 0 radical (unpaired) electrons. The molecule has 128 valence electrons. The summed E-state index contributed by atoms with van der Waals surface area (Å²) < 4.78 is 5.43. The molecule has 0 N–H and O–H groups in total. The van der Waals surface area contributed by atoms with Gasteiger partial charge in [-0.2, -0.15) is 4.98 Å². The number of amides is 1. The van der Waals surface area contributed by atoms with Crippen molar-refractivity contribution in [2.45, 2.75) is 71.5 Å². The van der Waals surface area contributed by atoms with Gasteiger partial charge in [-0.05, 0) is 38.1 Å². The molecule has 1 amide bonds. The molecular weight excluding hydrogens is 292 g/mol. The van der Waals surface area contributed by atoms with Crippen LogP contribution in [0, 0.1) is 5.92 Å². The van der Waals surface area contributed by atoms with Gasteiger partial charge in [0.2, 0.25) is 11.8 Å². The van der Waals surface area contributed by atoms with E-state index in [4.69, 9.17) is 4.52 Å². The minimum absolute atomic E-state index is 0.205. The molecule has 3 rings (SSSR count). The number of nitrogens with zero attached hydrogens (tertiary/aromatic N) is 4. The summed E-state index contributed by atoms with van der Waals surface area (Å²) in [4.78, 5) is 20.9. The molecule has 2 saturated heterocycles. The van der Waals surface area contributed by atoms with Crippen LogP contribution in [0.25, 0.3) is 0 Å². The van der Waals surface area contributed by atoms with E-state index in [1.807, 2.05) is 0 Å². The van der Waals surface area contributed by atoms with Crippen molar-refractivity contribution in [2.24, 2.45) is 5.92 Å². The lowest BCUT2D eigenvalue weighted by Crippen LogP contribution is -2.47. The maximum atomic E-state index is 11.9. The first-order valence-electron chi connectivity index (χ1n) is 8.87. The van der Waals surface area contributed by atoms with E-state index in [1.54, 1.807) is 6.92 Å². The molecule has 0 aliphatic carbocycles. The van der Waals surface area contributed by atoms with Gasteiger partial charge in [0.15, 0.2) is 5.82 Å². The number of hydrogen-bond acceptors (Lipinski definition) is 5. The van der Waals surface area contributed by atoms with Crippen LogP contribution < -0.4 is 0 Å². The quantitative estimate of drug-likeness (QED) is 0.832. The minimum atomic E-state index is 0.205. The lowest BCUT2D eigenvalue weighted by Gasteiger charge is -2.33. The highest BCUT2D eigenvalue weighted by atomic mass is 16.5. The molecule has 2 fully saturated rings. The Bertz CT molecular complexity index is 542. The normalized spacial score (nSPS) is 25.7. The maximum absolute atomic E-state index is 11.9. The van der Waals surface area contributed by atoms with Gasteiger partial charge in [-0.15, -0.1) is 0 Å².